The molecule has 0 atom stereocenters. The second-order valence-electron chi connectivity index (χ2n) is 4.95. The Morgan fingerprint density at radius 1 is 1.35 bits per heavy atom. The molecule has 3 nitrogen and oxygen atoms in total. The number of carboxylic acids is 1. The maximum Gasteiger partial charge on any atom is 0.335 e. The van der Waals surface area contributed by atoms with E-state index in [1.54, 1.807) is 6.07 Å². The average molecular weight is 232 g/mol. The van der Waals surface area contributed by atoms with Gasteiger partial charge in [0.15, 0.2) is 0 Å². The second kappa shape index (κ2) is 3.62. The van der Waals surface area contributed by atoms with Crippen LogP contribution in [0.3, 0.4) is 0 Å². The van der Waals surface area contributed by atoms with Crippen LogP contribution in [-0.2, 0) is 0 Å². The van der Waals surface area contributed by atoms with E-state index in [9.17, 15) is 4.79 Å². The lowest BCUT2D eigenvalue weighted by Crippen LogP contribution is -2.28. The zero-order valence-corrected chi connectivity index (χ0v) is 10.5. The van der Waals surface area contributed by atoms with E-state index in [1.807, 2.05) is 39.8 Å². The van der Waals surface area contributed by atoms with Crippen molar-refractivity contribution in [1.29, 1.82) is 0 Å². The summed E-state index contributed by atoms with van der Waals surface area (Å²) in [5.74, 6) is -0.105. The monoisotopic (exact) mass is 232 g/mol. The first-order valence-corrected chi connectivity index (χ1v) is 5.57. The van der Waals surface area contributed by atoms with E-state index in [-0.39, 0.29) is 5.60 Å². The Morgan fingerprint density at radius 2 is 2.00 bits per heavy atom. The van der Waals surface area contributed by atoms with Crippen molar-refractivity contribution in [1.82, 2.24) is 0 Å². The predicted molar refractivity (Wildman–Crippen MR) is 66.6 cm³/mol. The Bertz CT molecular complexity index is 525. The summed E-state index contributed by atoms with van der Waals surface area (Å²) in [6, 6.07) is 1.67. The van der Waals surface area contributed by atoms with Gasteiger partial charge in [-0.3, -0.25) is 0 Å². The van der Waals surface area contributed by atoms with Gasteiger partial charge in [-0.05, 0) is 51.0 Å². The fourth-order valence-electron chi connectivity index (χ4n) is 2.06. The van der Waals surface area contributed by atoms with Crippen LogP contribution in [0.1, 0.15) is 40.9 Å². The van der Waals surface area contributed by atoms with Crippen molar-refractivity contribution in [3.63, 3.8) is 0 Å². The van der Waals surface area contributed by atoms with Crippen molar-refractivity contribution >= 4 is 12.0 Å². The number of aromatic carboxylic acids is 1. The quantitative estimate of drug-likeness (QED) is 0.808. The van der Waals surface area contributed by atoms with E-state index in [0.29, 0.717) is 5.56 Å². The molecule has 0 aliphatic carbocycles. The van der Waals surface area contributed by atoms with Gasteiger partial charge in [0.2, 0.25) is 0 Å². The van der Waals surface area contributed by atoms with Crippen molar-refractivity contribution in [2.45, 2.75) is 33.3 Å². The summed E-state index contributed by atoms with van der Waals surface area (Å²) in [7, 11) is 0. The third-order valence-corrected chi connectivity index (χ3v) is 3.02. The van der Waals surface area contributed by atoms with Crippen LogP contribution in [0.2, 0.25) is 0 Å². The summed E-state index contributed by atoms with van der Waals surface area (Å²) in [4.78, 5) is 11.1. The van der Waals surface area contributed by atoms with E-state index in [1.165, 1.54) is 0 Å². The number of carboxylic acid groups (broad SMARTS) is 1. The van der Waals surface area contributed by atoms with Gasteiger partial charge in [-0.2, -0.15) is 0 Å². The first-order valence-electron chi connectivity index (χ1n) is 5.57. The number of benzene rings is 1. The number of fused-ring (bicyclic) bond motifs is 1. The lowest BCUT2D eigenvalue weighted by molar-refractivity contribution is 0.0696. The number of ether oxygens (including phenoxy) is 1. The maximum atomic E-state index is 11.1. The summed E-state index contributed by atoms with van der Waals surface area (Å²) >= 11 is 0. The Morgan fingerprint density at radius 3 is 2.59 bits per heavy atom. The van der Waals surface area contributed by atoms with Gasteiger partial charge in [-0.15, -0.1) is 0 Å². The molecule has 0 fully saturated rings. The van der Waals surface area contributed by atoms with E-state index in [0.717, 1.165) is 22.4 Å². The van der Waals surface area contributed by atoms with Crippen LogP contribution in [0.4, 0.5) is 0 Å². The first-order chi connectivity index (χ1) is 7.82. The van der Waals surface area contributed by atoms with E-state index in [4.69, 9.17) is 9.84 Å². The average Bonchev–Trinajstić information content (AvgIpc) is 2.21. The van der Waals surface area contributed by atoms with Crippen LogP contribution >= 0.6 is 0 Å². The summed E-state index contributed by atoms with van der Waals surface area (Å²) in [6.45, 7) is 7.65. The third-order valence-electron chi connectivity index (χ3n) is 3.02. The molecule has 0 saturated heterocycles. The molecule has 3 heteroatoms. The van der Waals surface area contributed by atoms with Gasteiger partial charge in [-0.25, -0.2) is 4.79 Å². The molecule has 1 heterocycles. The highest BCUT2D eigenvalue weighted by Gasteiger charge is 2.26. The van der Waals surface area contributed by atoms with Crippen LogP contribution in [0.15, 0.2) is 12.1 Å². The number of carbonyl (C=O) groups is 1. The predicted octanol–water partition coefficient (Wildman–Crippen LogP) is 3.19. The molecule has 90 valence electrons. The van der Waals surface area contributed by atoms with Gasteiger partial charge in [0.05, 0.1) is 5.56 Å². The highest BCUT2D eigenvalue weighted by Crippen LogP contribution is 2.37. The lowest BCUT2D eigenvalue weighted by Gasteiger charge is -2.30. The van der Waals surface area contributed by atoms with Gasteiger partial charge in [0, 0.05) is 5.56 Å². The standard InChI is InChI=1S/C14H16O3/c1-8-7-11(13(15)16)9(2)10-5-6-14(3,4)17-12(8)10/h5-7H,1-4H3,(H,15,16). The van der Waals surface area contributed by atoms with Gasteiger partial charge in [0.1, 0.15) is 11.4 Å². The zero-order valence-electron chi connectivity index (χ0n) is 10.5. The fraction of sp³-hybridized carbons (Fsp3) is 0.357. The molecular formula is C14H16O3. The summed E-state index contributed by atoms with van der Waals surface area (Å²) < 4.78 is 5.89. The van der Waals surface area contributed by atoms with Crippen LogP contribution in [-0.4, -0.2) is 16.7 Å². The lowest BCUT2D eigenvalue weighted by atomic mass is 9.93. The normalized spacial score (nSPS) is 16.2. The van der Waals surface area contributed by atoms with E-state index < -0.39 is 5.97 Å². The summed E-state index contributed by atoms with van der Waals surface area (Å²) in [6.07, 6.45) is 3.90. The van der Waals surface area contributed by atoms with E-state index >= 15 is 0 Å². The molecule has 1 aromatic rings. The highest BCUT2D eigenvalue weighted by molar-refractivity contribution is 5.92. The maximum absolute atomic E-state index is 11.1. The van der Waals surface area contributed by atoms with Gasteiger partial charge in [0.25, 0.3) is 0 Å². The van der Waals surface area contributed by atoms with Crippen LogP contribution in [0, 0.1) is 13.8 Å². The van der Waals surface area contributed by atoms with Crippen molar-refractivity contribution < 1.29 is 14.6 Å². The van der Waals surface area contributed by atoms with Crippen molar-refractivity contribution in [3.05, 3.63) is 34.4 Å². The first kappa shape index (κ1) is 11.7. The molecule has 1 aliphatic heterocycles. The van der Waals surface area contributed by atoms with Crippen LogP contribution < -0.4 is 4.74 Å². The van der Waals surface area contributed by atoms with Crippen molar-refractivity contribution in [2.24, 2.45) is 0 Å². The van der Waals surface area contributed by atoms with Gasteiger partial charge < -0.3 is 9.84 Å². The Hall–Kier alpha value is -1.77. The zero-order chi connectivity index (χ0) is 12.8. The molecule has 0 radical (unpaired) electrons. The molecule has 1 aliphatic rings. The molecule has 0 saturated carbocycles. The molecule has 0 bridgehead atoms. The number of hydrogen-bond donors (Lipinski definition) is 1. The molecule has 0 unspecified atom stereocenters. The van der Waals surface area contributed by atoms with Crippen LogP contribution in [0.5, 0.6) is 5.75 Å². The Kier molecular flexibility index (Phi) is 2.49. The van der Waals surface area contributed by atoms with Gasteiger partial charge >= 0.3 is 5.97 Å². The fourth-order valence-corrected chi connectivity index (χ4v) is 2.06. The summed E-state index contributed by atoms with van der Waals surface area (Å²) in [5.41, 5.74) is 2.50. The van der Waals surface area contributed by atoms with E-state index in [2.05, 4.69) is 0 Å². The smallest absolute Gasteiger partial charge is 0.335 e. The van der Waals surface area contributed by atoms with Crippen LogP contribution in [0.25, 0.3) is 6.08 Å². The molecule has 0 amide bonds. The number of hydrogen-bond acceptors (Lipinski definition) is 2. The molecule has 0 spiro atoms. The van der Waals surface area contributed by atoms with Crippen molar-refractivity contribution in [2.75, 3.05) is 0 Å². The molecule has 2 rings (SSSR count). The minimum atomic E-state index is -0.897. The largest absolute Gasteiger partial charge is 0.483 e. The Balaban J connectivity index is 2.67. The third kappa shape index (κ3) is 1.93. The molecule has 1 aromatic carbocycles. The molecule has 17 heavy (non-hydrogen) atoms. The van der Waals surface area contributed by atoms with Crippen molar-refractivity contribution in [3.8, 4) is 5.75 Å². The van der Waals surface area contributed by atoms with Gasteiger partial charge in [-0.1, -0.05) is 6.08 Å². The second-order valence-corrected chi connectivity index (χ2v) is 4.95. The summed E-state index contributed by atoms with van der Waals surface area (Å²) in [5, 5.41) is 9.13. The highest BCUT2D eigenvalue weighted by atomic mass is 16.5. The SMILES string of the molecule is Cc1cc(C(=O)O)c(C)c2c1OC(C)(C)C=C2. The minimum Gasteiger partial charge on any atom is -0.483 e. The molecule has 0 aromatic heterocycles. The minimum absolute atomic E-state index is 0.338. The molecular weight excluding hydrogens is 216 g/mol. The Labute approximate surface area is 101 Å². The topological polar surface area (TPSA) is 46.5 Å². The number of aryl methyl sites for hydroxylation is 1. The molecule has 1 N–H and O–H groups in total. The number of rotatable bonds is 1.